The predicted octanol–water partition coefficient (Wildman–Crippen LogP) is 5.38. The molecule has 2 fully saturated rings. The number of piperidine rings is 1. The van der Waals surface area contributed by atoms with Gasteiger partial charge in [-0.2, -0.15) is 0 Å². The average Bonchev–Trinajstić information content (AvgIpc) is 3.15. The summed E-state index contributed by atoms with van der Waals surface area (Å²) < 4.78 is 13.7. The number of rotatable bonds is 4. The molecular weight excluding hydrogens is 397 g/mol. The summed E-state index contributed by atoms with van der Waals surface area (Å²) >= 11 is 7.36. The highest BCUT2D eigenvalue weighted by Crippen LogP contribution is 2.47. The first-order valence-corrected chi connectivity index (χ1v) is 11.1. The minimum absolute atomic E-state index is 0.0845. The van der Waals surface area contributed by atoms with Crippen molar-refractivity contribution in [1.29, 1.82) is 0 Å². The molecule has 0 atom stereocenters. The summed E-state index contributed by atoms with van der Waals surface area (Å²) in [5.74, 6) is 0.327. The number of hydrogen-bond acceptors (Lipinski definition) is 5. The maximum Gasteiger partial charge on any atom is 0.153 e. The van der Waals surface area contributed by atoms with Crippen molar-refractivity contribution in [3.05, 3.63) is 40.4 Å². The Morgan fingerprint density at radius 3 is 2.57 bits per heavy atom. The van der Waals surface area contributed by atoms with Crippen molar-refractivity contribution in [2.45, 2.75) is 62.0 Å². The lowest BCUT2D eigenvalue weighted by Crippen LogP contribution is -2.40. The van der Waals surface area contributed by atoms with E-state index in [-0.39, 0.29) is 11.6 Å². The molecule has 0 unspecified atom stereocenters. The number of aliphatic hydroxyl groups is 1. The molecule has 1 N–H and O–H groups in total. The van der Waals surface area contributed by atoms with E-state index in [0.29, 0.717) is 21.0 Å². The summed E-state index contributed by atoms with van der Waals surface area (Å²) in [4.78, 5) is 12.3. The Morgan fingerprint density at radius 2 is 1.89 bits per heavy atom. The molecule has 0 radical (unpaired) electrons. The summed E-state index contributed by atoms with van der Waals surface area (Å²) in [5, 5.41) is 10.6. The molecule has 2 aromatic rings. The Hall–Kier alpha value is -1.37. The minimum atomic E-state index is -0.453. The number of aryl methyl sites for hydroxylation is 1. The number of nitrogens with zero attached hydrogens (tertiary/aromatic N) is 3. The highest BCUT2D eigenvalue weighted by Gasteiger charge is 2.37. The smallest absolute Gasteiger partial charge is 0.153 e. The second-order valence-electron chi connectivity index (χ2n) is 7.89. The van der Waals surface area contributed by atoms with Gasteiger partial charge < -0.3 is 10.0 Å². The minimum Gasteiger partial charge on any atom is -0.390 e. The van der Waals surface area contributed by atoms with Crippen molar-refractivity contribution >= 4 is 29.2 Å². The number of benzene rings is 1. The van der Waals surface area contributed by atoms with Gasteiger partial charge in [-0.25, -0.2) is 14.4 Å². The van der Waals surface area contributed by atoms with Crippen molar-refractivity contribution in [2.24, 2.45) is 5.41 Å². The molecule has 7 heteroatoms. The summed E-state index contributed by atoms with van der Waals surface area (Å²) in [6.45, 7) is 3.65. The van der Waals surface area contributed by atoms with Crippen LogP contribution in [0.25, 0.3) is 0 Å². The van der Waals surface area contributed by atoms with Crippen molar-refractivity contribution < 1.29 is 9.50 Å². The third-order valence-corrected chi connectivity index (χ3v) is 7.77. The van der Waals surface area contributed by atoms with Gasteiger partial charge in [-0.05, 0) is 50.2 Å². The van der Waals surface area contributed by atoms with E-state index in [1.165, 1.54) is 56.4 Å². The van der Waals surface area contributed by atoms with Crippen molar-refractivity contribution in [3.8, 4) is 0 Å². The lowest BCUT2D eigenvalue weighted by molar-refractivity contribution is 0.224. The van der Waals surface area contributed by atoms with E-state index >= 15 is 0 Å². The highest BCUT2D eigenvalue weighted by atomic mass is 35.5. The molecule has 1 aliphatic heterocycles. The van der Waals surface area contributed by atoms with E-state index in [1.54, 1.807) is 12.1 Å². The Bertz CT molecular complexity index is 863. The number of halogens is 2. The molecule has 4 rings (SSSR count). The highest BCUT2D eigenvalue weighted by molar-refractivity contribution is 7.99. The van der Waals surface area contributed by atoms with Gasteiger partial charge in [-0.1, -0.05) is 42.3 Å². The summed E-state index contributed by atoms with van der Waals surface area (Å²) in [6, 6.07) is 4.72. The van der Waals surface area contributed by atoms with E-state index in [2.05, 4.69) is 9.88 Å². The Morgan fingerprint density at radius 1 is 1.18 bits per heavy atom. The van der Waals surface area contributed by atoms with Crippen LogP contribution in [0.3, 0.4) is 0 Å². The van der Waals surface area contributed by atoms with Crippen LogP contribution >= 0.6 is 23.4 Å². The molecule has 1 saturated heterocycles. The number of aliphatic hydroxyl groups excluding tert-OH is 1. The first-order valence-electron chi connectivity index (χ1n) is 9.86. The largest absolute Gasteiger partial charge is 0.390 e. The second-order valence-corrected chi connectivity index (χ2v) is 9.30. The number of aromatic nitrogens is 2. The molecule has 2 aliphatic rings. The van der Waals surface area contributed by atoms with Gasteiger partial charge >= 0.3 is 0 Å². The van der Waals surface area contributed by atoms with E-state index < -0.39 is 5.82 Å². The van der Waals surface area contributed by atoms with Gasteiger partial charge in [0.2, 0.25) is 0 Å². The molecule has 0 bridgehead atoms. The van der Waals surface area contributed by atoms with Crippen LogP contribution in [0.1, 0.15) is 49.9 Å². The van der Waals surface area contributed by atoms with Crippen LogP contribution in [0, 0.1) is 18.2 Å². The fourth-order valence-corrected chi connectivity index (χ4v) is 5.60. The van der Waals surface area contributed by atoms with Crippen LogP contribution in [0.5, 0.6) is 0 Å². The molecule has 1 aromatic heterocycles. The van der Waals surface area contributed by atoms with Gasteiger partial charge in [0.05, 0.1) is 17.3 Å². The van der Waals surface area contributed by atoms with Crippen molar-refractivity contribution in [2.75, 3.05) is 18.0 Å². The third kappa shape index (κ3) is 3.87. The van der Waals surface area contributed by atoms with Crippen LogP contribution in [0.15, 0.2) is 28.1 Å². The Labute approximate surface area is 174 Å². The topological polar surface area (TPSA) is 49.2 Å². The predicted molar refractivity (Wildman–Crippen MR) is 111 cm³/mol. The van der Waals surface area contributed by atoms with Gasteiger partial charge in [0.1, 0.15) is 16.5 Å². The second kappa shape index (κ2) is 8.17. The molecule has 1 aliphatic carbocycles. The molecular formula is C21H25ClFN3OS. The average molecular weight is 422 g/mol. The van der Waals surface area contributed by atoms with Crippen LogP contribution in [0.4, 0.5) is 10.2 Å². The summed E-state index contributed by atoms with van der Waals surface area (Å²) in [7, 11) is 0. The maximum absolute atomic E-state index is 13.7. The van der Waals surface area contributed by atoms with E-state index in [1.807, 2.05) is 6.92 Å². The molecule has 150 valence electrons. The number of anilines is 1. The molecule has 4 nitrogen and oxygen atoms in total. The quantitative estimate of drug-likeness (QED) is 0.717. The van der Waals surface area contributed by atoms with Gasteiger partial charge in [0.25, 0.3) is 0 Å². The van der Waals surface area contributed by atoms with Crippen molar-refractivity contribution in [3.63, 3.8) is 0 Å². The summed E-state index contributed by atoms with van der Waals surface area (Å²) in [5.41, 5.74) is 1.86. The van der Waals surface area contributed by atoms with Gasteiger partial charge in [0, 0.05) is 18.0 Å². The van der Waals surface area contributed by atoms with Gasteiger partial charge in [-0.3, -0.25) is 0 Å². The first kappa shape index (κ1) is 19.9. The zero-order chi connectivity index (χ0) is 19.7. The van der Waals surface area contributed by atoms with Gasteiger partial charge in [0.15, 0.2) is 5.82 Å². The molecule has 0 amide bonds. The zero-order valence-corrected chi connectivity index (χ0v) is 17.6. The lowest BCUT2D eigenvalue weighted by atomic mass is 9.77. The van der Waals surface area contributed by atoms with E-state index in [4.69, 9.17) is 16.6 Å². The van der Waals surface area contributed by atoms with Crippen LogP contribution < -0.4 is 4.90 Å². The standard InChI is InChI=1S/C21H25ClFN3OS/c1-14-20(28-17-6-4-5-15(23)18(17)22)25-16(13-27)19(24-14)26-11-9-21(10-12-26)7-2-3-8-21/h4-6,27H,2-3,7-13H2,1H3. The third-order valence-electron chi connectivity index (χ3n) is 6.14. The normalized spacial score (nSPS) is 18.8. The molecule has 1 spiro atoms. The molecule has 1 saturated carbocycles. The first-order chi connectivity index (χ1) is 13.5. The maximum atomic E-state index is 13.7. The molecule has 1 aromatic carbocycles. The molecule has 2 heterocycles. The van der Waals surface area contributed by atoms with Crippen molar-refractivity contribution in [1.82, 2.24) is 9.97 Å². The lowest BCUT2D eigenvalue weighted by Gasteiger charge is -2.40. The van der Waals surface area contributed by atoms with Crippen LogP contribution in [-0.2, 0) is 6.61 Å². The SMILES string of the molecule is Cc1nc(N2CCC3(CCCC3)CC2)c(CO)nc1Sc1cccc(F)c1Cl. The van der Waals surface area contributed by atoms with E-state index in [9.17, 15) is 9.50 Å². The van der Waals surface area contributed by atoms with Crippen LogP contribution in [-0.4, -0.2) is 28.2 Å². The zero-order valence-electron chi connectivity index (χ0n) is 16.0. The fraction of sp³-hybridized carbons (Fsp3) is 0.524. The van der Waals surface area contributed by atoms with Gasteiger partial charge in [-0.15, -0.1) is 0 Å². The van der Waals surface area contributed by atoms with E-state index in [0.717, 1.165) is 24.6 Å². The fourth-order valence-electron chi connectivity index (χ4n) is 4.47. The Balaban J connectivity index is 1.57. The molecule has 28 heavy (non-hydrogen) atoms. The Kier molecular flexibility index (Phi) is 5.81. The summed E-state index contributed by atoms with van der Waals surface area (Å²) in [6.07, 6.45) is 7.79. The number of hydrogen-bond donors (Lipinski definition) is 1. The monoisotopic (exact) mass is 421 g/mol. The van der Waals surface area contributed by atoms with Crippen LogP contribution in [0.2, 0.25) is 5.02 Å².